The second-order valence-corrected chi connectivity index (χ2v) is 7.21. The van der Waals surface area contributed by atoms with Gasteiger partial charge in [0, 0.05) is 22.2 Å². The van der Waals surface area contributed by atoms with Crippen molar-refractivity contribution in [2.75, 3.05) is 4.90 Å². The highest BCUT2D eigenvalue weighted by molar-refractivity contribution is 7.14. The van der Waals surface area contributed by atoms with Crippen LogP contribution in [0.3, 0.4) is 0 Å². The van der Waals surface area contributed by atoms with E-state index in [9.17, 15) is 14.7 Å². The molecule has 134 valence electrons. The second-order valence-electron chi connectivity index (χ2n) is 5.90. The number of carbonyl (C=O) groups is 2. The summed E-state index contributed by atoms with van der Waals surface area (Å²) in [4.78, 5) is 31.1. The number of Topliss-reactive ketones (excluding diaryl/α,β-unsaturated/α-hetero) is 1. The number of ketones is 1. The first kappa shape index (κ1) is 17.5. The van der Waals surface area contributed by atoms with E-state index in [0.717, 1.165) is 0 Å². The first-order valence-corrected chi connectivity index (χ1v) is 9.35. The molecule has 0 aliphatic carbocycles. The maximum Gasteiger partial charge on any atom is 0.301 e. The van der Waals surface area contributed by atoms with Gasteiger partial charge in [-0.2, -0.15) is 0 Å². The van der Waals surface area contributed by atoms with Crippen molar-refractivity contribution in [3.05, 3.63) is 87.9 Å². The Kier molecular flexibility index (Phi) is 4.51. The van der Waals surface area contributed by atoms with Crippen LogP contribution in [0, 0.1) is 0 Å². The molecule has 1 atom stereocenters. The molecule has 0 saturated carbocycles. The Balaban J connectivity index is 1.94. The lowest BCUT2D eigenvalue weighted by molar-refractivity contribution is -0.132. The van der Waals surface area contributed by atoms with E-state index in [1.165, 1.54) is 16.2 Å². The zero-order valence-corrected chi connectivity index (χ0v) is 15.4. The maximum atomic E-state index is 12.8. The largest absolute Gasteiger partial charge is 0.507 e. The summed E-state index contributed by atoms with van der Waals surface area (Å²) in [5.74, 6) is -1.68. The highest BCUT2D eigenvalue weighted by atomic mass is 35.5. The molecule has 1 fully saturated rings. The Morgan fingerprint density at radius 2 is 1.78 bits per heavy atom. The molecule has 1 aliphatic rings. The van der Waals surface area contributed by atoms with Gasteiger partial charge < -0.3 is 5.11 Å². The lowest BCUT2D eigenvalue weighted by atomic mass is 9.95. The molecule has 0 spiro atoms. The fourth-order valence-corrected chi connectivity index (χ4v) is 3.87. The van der Waals surface area contributed by atoms with Gasteiger partial charge in [-0.3, -0.25) is 14.5 Å². The molecule has 1 saturated heterocycles. The molecule has 1 amide bonds. The lowest BCUT2D eigenvalue weighted by Crippen LogP contribution is -2.29. The summed E-state index contributed by atoms with van der Waals surface area (Å²) in [5, 5.41) is 13.5. The van der Waals surface area contributed by atoms with Gasteiger partial charge in [-0.15, -0.1) is 11.3 Å². The topological polar surface area (TPSA) is 70.5 Å². The number of aliphatic hydroxyl groups is 1. The fourth-order valence-electron chi connectivity index (χ4n) is 3.08. The summed E-state index contributed by atoms with van der Waals surface area (Å²) in [6.45, 7) is 0. The van der Waals surface area contributed by atoms with Crippen molar-refractivity contribution in [2.45, 2.75) is 6.04 Å². The summed E-state index contributed by atoms with van der Waals surface area (Å²) >= 11 is 7.24. The molecule has 1 aromatic heterocycles. The Morgan fingerprint density at radius 1 is 1.07 bits per heavy atom. The molecule has 0 radical (unpaired) electrons. The average Bonchev–Trinajstić information content (AvgIpc) is 3.30. The Labute approximate surface area is 164 Å². The average molecular weight is 397 g/mol. The zero-order chi connectivity index (χ0) is 19.0. The van der Waals surface area contributed by atoms with Crippen LogP contribution in [0.25, 0.3) is 5.76 Å². The number of anilines is 1. The number of hydrogen-bond donors (Lipinski definition) is 1. The Morgan fingerprint density at radius 3 is 2.41 bits per heavy atom. The van der Waals surface area contributed by atoms with Crippen molar-refractivity contribution in [3.8, 4) is 0 Å². The molecule has 5 nitrogen and oxygen atoms in total. The monoisotopic (exact) mass is 396 g/mol. The number of benzene rings is 2. The standard InChI is InChI=1S/C20H13ClN2O3S/c21-14-8-6-12(7-9-14)16-15(17(24)13-4-2-1-3-5-13)18(25)19(26)23(16)20-22-10-11-27-20/h1-11,16,24H/b17-15+/t16-/m1/s1. The number of carbonyl (C=O) groups excluding carboxylic acids is 2. The molecule has 1 aliphatic heterocycles. The predicted molar refractivity (Wildman–Crippen MR) is 105 cm³/mol. The number of thiazole rings is 1. The third kappa shape index (κ3) is 3.03. The van der Waals surface area contributed by atoms with E-state index in [0.29, 0.717) is 21.3 Å². The van der Waals surface area contributed by atoms with Crippen LogP contribution in [0.5, 0.6) is 0 Å². The van der Waals surface area contributed by atoms with Crippen LogP contribution < -0.4 is 4.90 Å². The number of aromatic nitrogens is 1. The minimum atomic E-state index is -0.784. The third-order valence-electron chi connectivity index (χ3n) is 4.30. The second kappa shape index (κ2) is 6.98. The van der Waals surface area contributed by atoms with Crippen molar-refractivity contribution in [1.29, 1.82) is 0 Å². The smallest absolute Gasteiger partial charge is 0.301 e. The number of nitrogens with zero attached hydrogens (tertiary/aromatic N) is 2. The molecular formula is C20H13ClN2O3S. The van der Waals surface area contributed by atoms with Gasteiger partial charge in [0.2, 0.25) is 0 Å². The van der Waals surface area contributed by atoms with Crippen LogP contribution in [0.15, 0.2) is 71.7 Å². The highest BCUT2D eigenvalue weighted by Gasteiger charge is 2.47. The van der Waals surface area contributed by atoms with Gasteiger partial charge in [0.15, 0.2) is 5.13 Å². The molecule has 2 aromatic carbocycles. The SMILES string of the molecule is O=C1C(=O)N(c2nccs2)[C@H](c2ccc(Cl)cc2)/C1=C(\O)c1ccccc1. The van der Waals surface area contributed by atoms with Gasteiger partial charge in [-0.1, -0.05) is 54.1 Å². The summed E-state index contributed by atoms with van der Waals surface area (Å²) in [6, 6.07) is 14.7. The molecule has 0 unspecified atom stereocenters. The van der Waals surface area contributed by atoms with Crippen LogP contribution in [0.4, 0.5) is 5.13 Å². The number of hydrogen-bond acceptors (Lipinski definition) is 5. The van der Waals surface area contributed by atoms with E-state index >= 15 is 0 Å². The third-order valence-corrected chi connectivity index (χ3v) is 5.33. The summed E-state index contributed by atoms with van der Waals surface area (Å²) < 4.78 is 0. The minimum absolute atomic E-state index is 0.0312. The summed E-state index contributed by atoms with van der Waals surface area (Å²) in [6.07, 6.45) is 1.56. The Hall–Kier alpha value is -2.96. The summed E-state index contributed by atoms with van der Waals surface area (Å²) in [5.41, 5.74) is 1.16. The minimum Gasteiger partial charge on any atom is -0.507 e. The molecule has 3 aromatic rings. The number of aliphatic hydroxyl groups excluding tert-OH is 1. The molecule has 4 rings (SSSR count). The highest BCUT2D eigenvalue weighted by Crippen LogP contribution is 2.42. The first-order valence-electron chi connectivity index (χ1n) is 8.09. The zero-order valence-electron chi connectivity index (χ0n) is 13.9. The molecular weight excluding hydrogens is 384 g/mol. The number of amides is 1. The van der Waals surface area contributed by atoms with Gasteiger partial charge >= 0.3 is 5.91 Å². The van der Waals surface area contributed by atoms with E-state index < -0.39 is 17.7 Å². The van der Waals surface area contributed by atoms with Crippen LogP contribution in [-0.4, -0.2) is 21.8 Å². The maximum absolute atomic E-state index is 12.8. The van der Waals surface area contributed by atoms with Crippen LogP contribution >= 0.6 is 22.9 Å². The quantitative estimate of drug-likeness (QED) is 0.404. The van der Waals surface area contributed by atoms with Crippen molar-refractivity contribution in [2.24, 2.45) is 0 Å². The van der Waals surface area contributed by atoms with E-state index in [2.05, 4.69) is 4.98 Å². The van der Waals surface area contributed by atoms with Gasteiger partial charge in [-0.05, 0) is 17.7 Å². The van der Waals surface area contributed by atoms with E-state index in [-0.39, 0.29) is 11.3 Å². The van der Waals surface area contributed by atoms with Crippen LogP contribution in [-0.2, 0) is 9.59 Å². The van der Waals surface area contributed by atoms with Gasteiger partial charge in [0.25, 0.3) is 5.78 Å². The normalized spacial score (nSPS) is 18.9. The fraction of sp³-hybridized carbons (Fsp3) is 0.0500. The molecule has 27 heavy (non-hydrogen) atoms. The molecule has 7 heteroatoms. The molecule has 1 N–H and O–H groups in total. The van der Waals surface area contributed by atoms with Crippen LogP contribution in [0.2, 0.25) is 5.02 Å². The van der Waals surface area contributed by atoms with Crippen molar-refractivity contribution in [3.63, 3.8) is 0 Å². The van der Waals surface area contributed by atoms with Gasteiger partial charge in [0.1, 0.15) is 5.76 Å². The lowest BCUT2D eigenvalue weighted by Gasteiger charge is -2.23. The predicted octanol–water partition coefficient (Wildman–Crippen LogP) is 4.42. The van der Waals surface area contributed by atoms with Crippen LogP contribution in [0.1, 0.15) is 17.2 Å². The van der Waals surface area contributed by atoms with Gasteiger partial charge in [-0.25, -0.2) is 4.98 Å². The van der Waals surface area contributed by atoms with E-state index in [1.807, 2.05) is 6.07 Å². The first-order chi connectivity index (χ1) is 13.1. The van der Waals surface area contributed by atoms with Crippen molar-refractivity contribution < 1.29 is 14.7 Å². The van der Waals surface area contributed by atoms with Crippen molar-refractivity contribution in [1.82, 2.24) is 4.98 Å². The van der Waals surface area contributed by atoms with E-state index in [4.69, 9.17) is 11.6 Å². The number of halogens is 1. The Bertz CT molecular complexity index is 1030. The number of rotatable bonds is 3. The summed E-state index contributed by atoms with van der Waals surface area (Å²) in [7, 11) is 0. The molecule has 0 bridgehead atoms. The van der Waals surface area contributed by atoms with E-state index in [1.54, 1.807) is 60.1 Å². The molecule has 2 heterocycles. The van der Waals surface area contributed by atoms with Gasteiger partial charge in [0.05, 0.1) is 11.6 Å². The van der Waals surface area contributed by atoms with Crippen molar-refractivity contribution >= 4 is 45.5 Å².